The van der Waals surface area contributed by atoms with Gasteiger partial charge in [-0.15, -0.1) is 0 Å². The maximum atomic E-state index is 13.5. The lowest BCUT2D eigenvalue weighted by molar-refractivity contribution is -0.116. The third-order valence-electron chi connectivity index (χ3n) is 5.28. The van der Waals surface area contributed by atoms with E-state index in [1.54, 1.807) is 24.3 Å². The molecule has 0 aliphatic carbocycles. The summed E-state index contributed by atoms with van der Waals surface area (Å²) in [6.45, 7) is 5.61. The van der Waals surface area contributed by atoms with Crippen molar-refractivity contribution in [3.05, 3.63) is 91.9 Å². The summed E-state index contributed by atoms with van der Waals surface area (Å²) in [7, 11) is -3.89. The molecule has 0 aliphatic rings. The largest absolute Gasteiger partial charge is 0.324 e. The Bertz CT molecular complexity index is 1240. The topological polar surface area (TPSA) is 66.5 Å². The number of carbonyl (C=O) groups is 1. The van der Waals surface area contributed by atoms with E-state index in [9.17, 15) is 13.2 Å². The molecule has 0 unspecified atom stereocenters. The Hall–Kier alpha value is -2.00. The number of aryl methyl sites for hydroxylation is 3. The summed E-state index contributed by atoms with van der Waals surface area (Å²) in [6.07, 6.45) is 0.736. The molecule has 0 radical (unpaired) electrons. The monoisotopic (exact) mass is 592 g/mol. The van der Waals surface area contributed by atoms with Gasteiger partial charge in [0.15, 0.2) is 0 Å². The molecule has 0 aromatic heterocycles. The molecule has 0 aliphatic heterocycles. The van der Waals surface area contributed by atoms with Gasteiger partial charge in [0.2, 0.25) is 15.9 Å². The third-order valence-corrected chi connectivity index (χ3v) is 8.07. The standard InChI is InChI=1S/C25H26Br2N2O3S/c1-4-20-14-22(27)13-18(3)25(20)28-24(30)16-29(15-19-7-9-21(26)10-8-19)33(31,32)23-11-5-17(2)6-12-23/h5-14H,4,15-16H2,1-3H3,(H,28,30). The Morgan fingerprint density at radius 3 is 2.18 bits per heavy atom. The lowest BCUT2D eigenvalue weighted by Gasteiger charge is -2.23. The molecule has 1 N–H and O–H groups in total. The first-order valence-corrected chi connectivity index (χ1v) is 13.5. The summed E-state index contributed by atoms with van der Waals surface area (Å²) in [6, 6.07) is 17.9. The summed E-state index contributed by atoms with van der Waals surface area (Å²) >= 11 is 6.89. The van der Waals surface area contributed by atoms with Gasteiger partial charge < -0.3 is 5.32 Å². The van der Waals surface area contributed by atoms with Crippen molar-refractivity contribution >= 4 is 53.5 Å². The number of sulfonamides is 1. The van der Waals surface area contributed by atoms with E-state index >= 15 is 0 Å². The molecule has 0 bridgehead atoms. The van der Waals surface area contributed by atoms with Crippen LogP contribution < -0.4 is 5.32 Å². The van der Waals surface area contributed by atoms with Crippen molar-refractivity contribution in [2.24, 2.45) is 0 Å². The van der Waals surface area contributed by atoms with Crippen molar-refractivity contribution in [3.8, 4) is 0 Å². The molecule has 8 heteroatoms. The number of hydrogen-bond acceptors (Lipinski definition) is 3. The number of benzene rings is 3. The van der Waals surface area contributed by atoms with E-state index in [-0.39, 0.29) is 23.9 Å². The summed E-state index contributed by atoms with van der Waals surface area (Å²) in [4.78, 5) is 13.2. The van der Waals surface area contributed by atoms with E-state index in [1.807, 2.05) is 57.2 Å². The molecule has 174 valence electrons. The minimum atomic E-state index is -3.89. The van der Waals surface area contributed by atoms with Gasteiger partial charge >= 0.3 is 0 Å². The van der Waals surface area contributed by atoms with Crippen LogP contribution in [0.1, 0.15) is 29.2 Å². The molecule has 5 nitrogen and oxygen atoms in total. The quantitative estimate of drug-likeness (QED) is 0.337. The fourth-order valence-corrected chi connectivity index (χ4v) is 5.76. The van der Waals surface area contributed by atoms with Gasteiger partial charge in [-0.2, -0.15) is 4.31 Å². The second-order valence-corrected chi connectivity index (χ2v) is 11.6. The van der Waals surface area contributed by atoms with Crippen LogP contribution in [0.3, 0.4) is 0 Å². The highest BCUT2D eigenvalue weighted by Crippen LogP contribution is 2.27. The van der Waals surface area contributed by atoms with Crippen molar-refractivity contribution in [1.29, 1.82) is 0 Å². The second kappa shape index (κ2) is 11.0. The molecule has 0 fully saturated rings. The number of nitrogens with one attached hydrogen (secondary N) is 1. The Morgan fingerprint density at radius 1 is 0.939 bits per heavy atom. The Morgan fingerprint density at radius 2 is 1.58 bits per heavy atom. The number of rotatable bonds is 8. The molecule has 0 atom stereocenters. The van der Waals surface area contributed by atoms with Crippen LogP contribution >= 0.6 is 31.9 Å². The van der Waals surface area contributed by atoms with Gasteiger partial charge in [0.25, 0.3) is 0 Å². The second-order valence-electron chi connectivity index (χ2n) is 7.87. The molecule has 0 saturated heterocycles. The van der Waals surface area contributed by atoms with E-state index in [0.717, 1.165) is 43.3 Å². The van der Waals surface area contributed by atoms with Gasteiger partial charge in [0.1, 0.15) is 0 Å². The molecule has 3 aromatic carbocycles. The van der Waals surface area contributed by atoms with E-state index in [1.165, 1.54) is 4.31 Å². The molecule has 0 heterocycles. The molecule has 3 rings (SSSR count). The van der Waals surface area contributed by atoms with Crippen molar-refractivity contribution in [2.75, 3.05) is 11.9 Å². The molecule has 1 amide bonds. The first-order chi connectivity index (χ1) is 15.6. The predicted octanol–water partition coefficient (Wildman–Crippen LogP) is 6.22. The number of nitrogens with zero attached hydrogens (tertiary/aromatic N) is 1. The molecular formula is C25H26Br2N2O3S. The molecule has 0 spiro atoms. The predicted molar refractivity (Wildman–Crippen MR) is 140 cm³/mol. The van der Waals surface area contributed by atoms with Gasteiger partial charge in [0.05, 0.1) is 11.4 Å². The number of carbonyl (C=O) groups excluding carboxylic acids is 1. The number of hydrogen-bond donors (Lipinski definition) is 1. The van der Waals surface area contributed by atoms with Crippen molar-refractivity contribution in [1.82, 2.24) is 4.31 Å². The highest BCUT2D eigenvalue weighted by molar-refractivity contribution is 9.10. The Labute approximate surface area is 212 Å². The third kappa shape index (κ3) is 6.53. The summed E-state index contributed by atoms with van der Waals surface area (Å²) < 4.78 is 30.0. The van der Waals surface area contributed by atoms with Gasteiger partial charge in [-0.25, -0.2) is 8.42 Å². The van der Waals surface area contributed by atoms with Crippen molar-refractivity contribution < 1.29 is 13.2 Å². The normalized spacial score (nSPS) is 11.6. The van der Waals surface area contributed by atoms with E-state index in [0.29, 0.717) is 0 Å². The van der Waals surface area contributed by atoms with Crippen molar-refractivity contribution in [3.63, 3.8) is 0 Å². The smallest absolute Gasteiger partial charge is 0.243 e. The zero-order valence-corrected chi connectivity index (χ0v) is 22.7. The highest BCUT2D eigenvalue weighted by atomic mass is 79.9. The van der Waals surface area contributed by atoms with Crippen LogP contribution in [0.25, 0.3) is 0 Å². The van der Waals surface area contributed by atoms with E-state index in [4.69, 9.17) is 0 Å². The van der Waals surface area contributed by atoms with Crippen LogP contribution in [0.5, 0.6) is 0 Å². The fraction of sp³-hybridized carbons (Fsp3) is 0.240. The van der Waals surface area contributed by atoms with E-state index < -0.39 is 10.0 Å². The summed E-state index contributed by atoms with van der Waals surface area (Å²) in [5, 5.41) is 2.94. The fourth-order valence-electron chi connectivity index (χ4n) is 3.49. The number of anilines is 1. The van der Waals surface area contributed by atoms with Crippen molar-refractivity contribution in [2.45, 2.75) is 38.6 Å². The minimum Gasteiger partial charge on any atom is -0.324 e. The Balaban J connectivity index is 1.92. The molecular weight excluding hydrogens is 568 g/mol. The van der Waals surface area contributed by atoms with Gasteiger partial charge in [-0.05, 0) is 73.4 Å². The lowest BCUT2D eigenvalue weighted by Crippen LogP contribution is -2.37. The summed E-state index contributed by atoms with van der Waals surface area (Å²) in [5.41, 5.74) is 4.37. The average molecular weight is 594 g/mol. The minimum absolute atomic E-state index is 0.0802. The van der Waals surface area contributed by atoms with Crippen LogP contribution in [0.4, 0.5) is 5.69 Å². The zero-order valence-electron chi connectivity index (χ0n) is 18.7. The van der Waals surface area contributed by atoms with Crippen LogP contribution in [-0.2, 0) is 27.8 Å². The molecule has 33 heavy (non-hydrogen) atoms. The first kappa shape index (κ1) is 25.6. The van der Waals surface area contributed by atoms with Crippen LogP contribution in [0.2, 0.25) is 0 Å². The SMILES string of the molecule is CCc1cc(Br)cc(C)c1NC(=O)CN(Cc1ccc(Br)cc1)S(=O)(=O)c1ccc(C)cc1. The van der Waals surface area contributed by atoms with Gasteiger partial charge in [-0.1, -0.05) is 68.6 Å². The first-order valence-electron chi connectivity index (χ1n) is 10.5. The number of amides is 1. The molecule has 0 saturated carbocycles. The maximum absolute atomic E-state index is 13.5. The summed E-state index contributed by atoms with van der Waals surface area (Å²) in [5.74, 6) is -0.386. The Kier molecular flexibility index (Phi) is 8.50. The number of halogens is 2. The van der Waals surface area contributed by atoms with Crippen LogP contribution in [-0.4, -0.2) is 25.2 Å². The lowest BCUT2D eigenvalue weighted by atomic mass is 10.1. The van der Waals surface area contributed by atoms with Gasteiger partial charge in [0, 0.05) is 21.2 Å². The van der Waals surface area contributed by atoms with Crippen LogP contribution in [0, 0.1) is 13.8 Å². The van der Waals surface area contributed by atoms with E-state index in [2.05, 4.69) is 37.2 Å². The van der Waals surface area contributed by atoms with Crippen LogP contribution in [0.15, 0.2) is 74.5 Å². The maximum Gasteiger partial charge on any atom is 0.243 e. The average Bonchev–Trinajstić information content (AvgIpc) is 2.76. The van der Waals surface area contributed by atoms with Gasteiger partial charge in [-0.3, -0.25) is 4.79 Å². The molecule has 3 aromatic rings. The zero-order chi connectivity index (χ0) is 24.2. The highest BCUT2D eigenvalue weighted by Gasteiger charge is 2.27.